The van der Waals surface area contributed by atoms with Gasteiger partial charge >= 0.3 is 5.69 Å². The summed E-state index contributed by atoms with van der Waals surface area (Å²) < 4.78 is 2.63. The monoisotopic (exact) mass is 446 g/mol. The Labute approximate surface area is 189 Å². The maximum atomic E-state index is 13.6. The van der Waals surface area contributed by atoms with Crippen molar-refractivity contribution in [2.24, 2.45) is 5.73 Å². The van der Waals surface area contributed by atoms with E-state index < -0.39 is 17.4 Å². The minimum atomic E-state index is -0.721. The van der Waals surface area contributed by atoms with Crippen LogP contribution in [0, 0.1) is 22.7 Å². The number of benzene rings is 1. The van der Waals surface area contributed by atoms with Crippen LogP contribution in [0.2, 0.25) is 0 Å². The quantitative estimate of drug-likeness (QED) is 0.638. The number of aromatic nitrogens is 2. The maximum Gasteiger partial charge on any atom is 0.332 e. The molecule has 0 radical (unpaired) electrons. The Kier molecular flexibility index (Phi) is 6.33. The number of hydrogen-bond donors (Lipinski definition) is 1. The van der Waals surface area contributed by atoms with Gasteiger partial charge in [0.15, 0.2) is 0 Å². The van der Waals surface area contributed by atoms with E-state index in [4.69, 9.17) is 5.73 Å². The lowest BCUT2D eigenvalue weighted by atomic mass is 10.0. The standard InChI is InChI=1S/C23H22N6O2S/c24-10-16-4-1-2-5-17(16)12-28-9-7-21(30)29(23(28)31)22(20-15-32-14-18(20)11-25)27-8-3-6-19(26)13-27/h1-2,4-5,7,9,14-15,19,22H,3,6,8,12-13,26H2. The zero-order valence-corrected chi connectivity index (χ0v) is 18.2. The largest absolute Gasteiger partial charge is 0.332 e. The molecule has 0 spiro atoms. The van der Waals surface area contributed by atoms with Gasteiger partial charge in [-0.15, -0.1) is 0 Å². The Morgan fingerprint density at radius 2 is 1.91 bits per heavy atom. The predicted octanol–water partition coefficient (Wildman–Crippen LogP) is 1.83. The second-order valence-electron chi connectivity index (χ2n) is 7.83. The van der Waals surface area contributed by atoms with E-state index in [0.29, 0.717) is 35.3 Å². The normalized spacial score (nSPS) is 17.4. The molecular weight excluding hydrogens is 424 g/mol. The molecule has 0 aliphatic carbocycles. The third kappa shape index (κ3) is 4.14. The van der Waals surface area contributed by atoms with Crippen LogP contribution in [0.15, 0.2) is 56.9 Å². The molecule has 1 fully saturated rings. The van der Waals surface area contributed by atoms with Gasteiger partial charge in [-0.3, -0.25) is 14.3 Å². The highest BCUT2D eigenvalue weighted by molar-refractivity contribution is 7.08. The lowest BCUT2D eigenvalue weighted by Gasteiger charge is -2.37. The van der Waals surface area contributed by atoms with Crippen molar-refractivity contribution in [2.75, 3.05) is 13.1 Å². The lowest BCUT2D eigenvalue weighted by Crippen LogP contribution is -2.52. The fourth-order valence-corrected chi connectivity index (χ4v) is 4.97. The number of nitriles is 2. The number of nitrogens with zero attached hydrogens (tertiary/aromatic N) is 5. The number of nitrogens with two attached hydrogens (primary N) is 1. The van der Waals surface area contributed by atoms with E-state index in [1.165, 1.54) is 32.7 Å². The van der Waals surface area contributed by atoms with Gasteiger partial charge in [0.05, 0.1) is 23.7 Å². The molecule has 2 aromatic heterocycles. The second kappa shape index (κ2) is 9.33. The molecule has 3 aromatic rings. The highest BCUT2D eigenvalue weighted by atomic mass is 32.1. The molecule has 2 N–H and O–H groups in total. The molecule has 1 aliphatic heterocycles. The summed E-state index contributed by atoms with van der Waals surface area (Å²) in [5.74, 6) is 0. The van der Waals surface area contributed by atoms with E-state index in [1.807, 2.05) is 10.3 Å². The van der Waals surface area contributed by atoms with Crippen molar-refractivity contribution in [1.29, 1.82) is 10.5 Å². The Balaban J connectivity index is 1.85. The van der Waals surface area contributed by atoms with Crippen LogP contribution in [0.25, 0.3) is 0 Å². The summed E-state index contributed by atoms with van der Waals surface area (Å²) in [6.07, 6.45) is 2.44. The highest BCUT2D eigenvalue weighted by Crippen LogP contribution is 2.29. The SMILES string of the molecule is N#Cc1ccccc1Cn1ccc(=O)n(C(c2cscc2C#N)N2CCCC(N)C2)c1=O. The average Bonchev–Trinajstić information content (AvgIpc) is 3.27. The first-order valence-electron chi connectivity index (χ1n) is 10.3. The van der Waals surface area contributed by atoms with Crippen LogP contribution in [-0.4, -0.2) is 33.2 Å². The predicted molar refractivity (Wildman–Crippen MR) is 121 cm³/mol. The molecule has 4 rings (SSSR count). The van der Waals surface area contributed by atoms with Crippen molar-refractivity contribution in [1.82, 2.24) is 14.0 Å². The summed E-state index contributed by atoms with van der Waals surface area (Å²) in [6.45, 7) is 1.34. The smallest absolute Gasteiger partial charge is 0.327 e. The Hall–Kier alpha value is -3.50. The summed E-state index contributed by atoms with van der Waals surface area (Å²) in [5, 5.41) is 22.5. The molecule has 1 saturated heterocycles. The van der Waals surface area contributed by atoms with Gasteiger partial charge in [-0.1, -0.05) is 18.2 Å². The van der Waals surface area contributed by atoms with Gasteiger partial charge in [-0.2, -0.15) is 21.9 Å². The minimum absolute atomic E-state index is 0.0698. The van der Waals surface area contributed by atoms with Crippen molar-refractivity contribution in [3.8, 4) is 12.1 Å². The summed E-state index contributed by atoms with van der Waals surface area (Å²) >= 11 is 1.36. The van der Waals surface area contributed by atoms with E-state index in [9.17, 15) is 20.1 Å². The van der Waals surface area contributed by atoms with E-state index in [-0.39, 0.29) is 12.6 Å². The van der Waals surface area contributed by atoms with E-state index in [2.05, 4.69) is 12.1 Å². The van der Waals surface area contributed by atoms with Gasteiger partial charge in [-0.05, 0) is 29.9 Å². The van der Waals surface area contributed by atoms with Crippen LogP contribution in [0.3, 0.4) is 0 Å². The summed E-state index contributed by atoms with van der Waals surface area (Å²) in [5.41, 5.74) is 7.48. The van der Waals surface area contributed by atoms with Gasteiger partial charge in [0, 0.05) is 42.3 Å². The molecule has 32 heavy (non-hydrogen) atoms. The average molecular weight is 447 g/mol. The Bertz CT molecular complexity index is 1330. The zero-order valence-electron chi connectivity index (χ0n) is 17.3. The van der Waals surface area contributed by atoms with Crippen LogP contribution in [0.1, 0.15) is 41.3 Å². The van der Waals surface area contributed by atoms with Crippen molar-refractivity contribution < 1.29 is 0 Å². The number of likely N-dealkylation sites (tertiary alicyclic amines) is 1. The number of rotatable bonds is 5. The fourth-order valence-electron chi connectivity index (χ4n) is 4.19. The van der Waals surface area contributed by atoms with Crippen LogP contribution in [0.5, 0.6) is 0 Å². The van der Waals surface area contributed by atoms with Crippen molar-refractivity contribution in [3.05, 3.63) is 90.4 Å². The third-order valence-corrected chi connectivity index (χ3v) is 6.50. The number of piperidine rings is 1. The first-order chi connectivity index (χ1) is 15.5. The van der Waals surface area contributed by atoms with Crippen LogP contribution in [0.4, 0.5) is 0 Å². The van der Waals surface area contributed by atoms with E-state index in [1.54, 1.807) is 29.6 Å². The number of hydrogen-bond acceptors (Lipinski definition) is 7. The minimum Gasteiger partial charge on any atom is -0.327 e. The van der Waals surface area contributed by atoms with E-state index in [0.717, 1.165) is 12.8 Å². The molecule has 1 aromatic carbocycles. The van der Waals surface area contributed by atoms with Crippen LogP contribution in [-0.2, 0) is 6.54 Å². The molecule has 1 aliphatic rings. The Morgan fingerprint density at radius 1 is 1.12 bits per heavy atom. The van der Waals surface area contributed by atoms with Crippen LogP contribution < -0.4 is 17.0 Å². The van der Waals surface area contributed by atoms with Crippen LogP contribution >= 0.6 is 11.3 Å². The summed E-state index contributed by atoms with van der Waals surface area (Å²) in [7, 11) is 0. The van der Waals surface area contributed by atoms with Crippen molar-refractivity contribution >= 4 is 11.3 Å². The lowest BCUT2D eigenvalue weighted by molar-refractivity contribution is 0.122. The molecular formula is C23H22N6O2S. The second-order valence-corrected chi connectivity index (χ2v) is 8.57. The van der Waals surface area contributed by atoms with Crippen molar-refractivity contribution in [3.63, 3.8) is 0 Å². The molecule has 162 valence electrons. The third-order valence-electron chi connectivity index (χ3n) is 5.74. The Morgan fingerprint density at radius 3 is 2.66 bits per heavy atom. The topological polar surface area (TPSA) is 121 Å². The first-order valence-corrected chi connectivity index (χ1v) is 11.2. The van der Waals surface area contributed by atoms with Gasteiger partial charge in [-0.25, -0.2) is 9.36 Å². The first kappa shape index (κ1) is 21.7. The van der Waals surface area contributed by atoms with Gasteiger partial charge in [0.1, 0.15) is 12.2 Å². The summed E-state index contributed by atoms with van der Waals surface area (Å²) in [6, 6.07) is 12.6. The van der Waals surface area contributed by atoms with E-state index >= 15 is 0 Å². The van der Waals surface area contributed by atoms with Crippen molar-refractivity contribution in [2.45, 2.75) is 31.6 Å². The molecule has 2 atom stereocenters. The number of thiophene rings is 1. The van der Waals surface area contributed by atoms with Gasteiger partial charge in [0.2, 0.25) is 0 Å². The zero-order chi connectivity index (χ0) is 22.7. The summed E-state index contributed by atoms with van der Waals surface area (Å²) in [4.78, 5) is 28.6. The van der Waals surface area contributed by atoms with Gasteiger partial charge in [0.25, 0.3) is 5.56 Å². The fraction of sp³-hybridized carbons (Fsp3) is 0.304. The molecule has 2 unspecified atom stereocenters. The molecule has 0 saturated carbocycles. The maximum absolute atomic E-state index is 13.6. The molecule has 0 bridgehead atoms. The molecule has 3 heterocycles. The molecule has 8 nitrogen and oxygen atoms in total. The molecule has 9 heteroatoms. The molecule has 0 amide bonds. The van der Waals surface area contributed by atoms with Gasteiger partial charge < -0.3 is 5.73 Å². The highest BCUT2D eigenvalue weighted by Gasteiger charge is 2.31.